The predicted molar refractivity (Wildman–Crippen MR) is 62.1 cm³/mol. The molecule has 1 N–H and O–H groups in total. The molecule has 0 radical (unpaired) electrons. The van der Waals surface area contributed by atoms with Crippen molar-refractivity contribution in [1.29, 1.82) is 0 Å². The molecule has 15 heavy (non-hydrogen) atoms. The lowest BCUT2D eigenvalue weighted by Crippen LogP contribution is -2.45. The van der Waals surface area contributed by atoms with E-state index >= 15 is 0 Å². The summed E-state index contributed by atoms with van der Waals surface area (Å²) in [6.07, 6.45) is 5.27. The van der Waals surface area contributed by atoms with Crippen LogP contribution in [0, 0.1) is 0 Å². The largest absolute Gasteiger partial charge is 0.380 e. The predicted octanol–water partition coefficient (Wildman–Crippen LogP) is 1.24. The Balaban J connectivity index is 1.63. The minimum absolute atomic E-state index is 0.601. The second-order valence-electron chi connectivity index (χ2n) is 4.91. The van der Waals surface area contributed by atoms with Gasteiger partial charge in [-0.25, -0.2) is 0 Å². The maximum absolute atomic E-state index is 5.46. The number of rotatable bonds is 4. The molecule has 3 nitrogen and oxygen atoms in total. The summed E-state index contributed by atoms with van der Waals surface area (Å²) in [5.41, 5.74) is 0. The minimum Gasteiger partial charge on any atom is -0.380 e. The lowest BCUT2D eigenvalue weighted by Gasteiger charge is -2.28. The van der Waals surface area contributed by atoms with Crippen molar-refractivity contribution in [3.63, 3.8) is 0 Å². The highest BCUT2D eigenvalue weighted by molar-refractivity contribution is 4.77. The summed E-state index contributed by atoms with van der Waals surface area (Å²) in [5, 5.41) is 3.63. The average molecular weight is 212 g/mol. The summed E-state index contributed by atoms with van der Waals surface area (Å²) in [4.78, 5) is 2.59. The van der Waals surface area contributed by atoms with E-state index in [0.29, 0.717) is 12.1 Å². The van der Waals surface area contributed by atoms with Gasteiger partial charge in [0.05, 0.1) is 6.61 Å². The van der Waals surface area contributed by atoms with Gasteiger partial charge < -0.3 is 10.1 Å². The number of nitrogens with one attached hydrogen (secondary N) is 1. The Kier molecular flexibility index (Phi) is 4.42. The van der Waals surface area contributed by atoms with Crippen molar-refractivity contribution >= 4 is 0 Å². The quantitative estimate of drug-likeness (QED) is 0.759. The van der Waals surface area contributed by atoms with Crippen LogP contribution in [-0.2, 0) is 4.74 Å². The monoisotopic (exact) mass is 212 g/mol. The standard InChI is InChI=1S/C12H24N2O/c1-11(14-6-2-3-7-14)9-13-12-5-4-8-15-10-12/h11-13H,2-10H2,1H3. The van der Waals surface area contributed by atoms with Crippen molar-refractivity contribution in [2.45, 2.75) is 44.7 Å². The highest BCUT2D eigenvalue weighted by atomic mass is 16.5. The first kappa shape index (κ1) is 11.4. The Labute approximate surface area is 93.2 Å². The van der Waals surface area contributed by atoms with Crippen LogP contribution in [0.3, 0.4) is 0 Å². The Morgan fingerprint density at radius 1 is 1.33 bits per heavy atom. The van der Waals surface area contributed by atoms with Gasteiger partial charge in [0, 0.05) is 25.2 Å². The molecule has 2 aliphatic heterocycles. The number of likely N-dealkylation sites (tertiary alicyclic amines) is 1. The van der Waals surface area contributed by atoms with E-state index in [1.165, 1.54) is 38.8 Å². The first-order valence-electron chi connectivity index (χ1n) is 6.41. The molecule has 0 aliphatic carbocycles. The molecule has 0 aromatic carbocycles. The molecule has 88 valence electrons. The van der Waals surface area contributed by atoms with E-state index in [-0.39, 0.29) is 0 Å². The molecule has 2 rings (SSSR count). The molecule has 2 atom stereocenters. The maximum atomic E-state index is 5.46. The van der Waals surface area contributed by atoms with Crippen molar-refractivity contribution < 1.29 is 4.74 Å². The van der Waals surface area contributed by atoms with E-state index in [0.717, 1.165) is 19.8 Å². The Morgan fingerprint density at radius 2 is 2.13 bits per heavy atom. The van der Waals surface area contributed by atoms with Crippen LogP contribution in [0.4, 0.5) is 0 Å². The first-order valence-corrected chi connectivity index (χ1v) is 6.41. The average Bonchev–Trinajstić information content (AvgIpc) is 2.81. The van der Waals surface area contributed by atoms with Crippen LogP contribution in [0.1, 0.15) is 32.6 Å². The van der Waals surface area contributed by atoms with Gasteiger partial charge in [-0.1, -0.05) is 0 Å². The molecule has 2 saturated heterocycles. The van der Waals surface area contributed by atoms with Crippen molar-refractivity contribution in [2.75, 3.05) is 32.8 Å². The van der Waals surface area contributed by atoms with Crippen molar-refractivity contribution in [2.24, 2.45) is 0 Å². The molecule has 2 fully saturated rings. The molecule has 2 heterocycles. The summed E-state index contributed by atoms with van der Waals surface area (Å²) in [6, 6.07) is 1.29. The van der Waals surface area contributed by atoms with Crippen LogP contribution in [0.5, 0.6) is 0 Å². The zero-order chi connectivity index (χ0) is 10.5. The molecule has 0 amide bonds. The van der Waals surface area contributed by atoms with Gasteiger partial charge in [-0.05, 0) is 45.7 Å². The van der Waals surface area contributed by atoms with Gasteiger partial charge in [0.1, 0.15) is 0 Å². The van der Waals surface area contributed by atoms with Gasteiger partial charge in [-0.3, -0.25) is 4.90 Å². The summed E-state index contributed by atoms with van der Waals surface area (Å²) in [7, 11) is 0. The Hall–Kier alpha value is -0.120. The van der Waals surface area contributed by atoms with Gasteiger partial charge in [0.25, 0.3) is 0 Å². The van der Waals surface area contributed by atoms with Crippen LogP contribution in [0.25, 0.3) is 0 Å². The first-order chi connectivity index (χ1) is 7.36. The third kappa shape index (κ3) is 3.44. The van der Waals surface area contributed by atoms with Crippen LogP contribution in [0.2, 0.25) is 0 Å². The smallest absolute Gasteiger partial charge is 0.0619 e. The number of hydrogen-bond donors (Lipinski definition) is 1. The molecule has 0 spiro atoms. The van der Waals surface area contributed by atoms with Crippen LogP contribution < -0.4 is 5.32 Å². The molecule has 0 aromatic heterocycles. The van der Waals surface area contributed by atoms with E-state index in [2.05, 4.69) is 17.1 Å². The fourth-order valence-electron chi connectivity index (χ4n) is 2.55. The number of nitrogens with zero attached hydrogens (tertiary/aromatic N) is 1. The summed E-state index contributed by atoms with van der Waals surface area (Å²) >= 11 is 0. The molecule has 3 heteroatoms. The summed E-state index contributed by atoms with van der Waals surface area (Å²) < 4.78 is 5.46. The Morgan fingerprint density at radius 3 is 2.80 bits per heavy atom. The van der Waals surface area contributed by atoms with E-state index in [4.69, 9.17) is 4.74 Å². The van der Waals surface area contributed by atoms with Crippen molar-refractivity contribution in [1.82, 2.24) is 10.2 Å². The SMILES string of the molecule is CC(CNC1CCCOC1)N1CCCC1. The third-order valence-corrected chi connectivity index (χ3v) is 3.63. The zero-order valence-electron chi connectivity index (χ0n) is 9.87. The number of ether oxygens (including phenoxy) is 1. The zero-order valence-corrected chi connectivity index (χ0v) is 9.87. The minimum atomic E-state index is 0.601. The molecule has 0 aromatic rings. The summed E-state index contributed by atoms with van der Waals surface area (Å²) in [5.74, 6) is 0. The molecular weight excluding hydrogens is 188 g/mol. The van der Waals surface area contributed by atoms with Crippen molar-refractivity contribution in [3.8, 4) is 0 Å². The highest BCUT2D eigenvalue weighted by Crippen LogP contribution is 2.11. The maximum Gasteiger partial charge on any atom is 0.0619 e. The molecule has 2 aliphatic rings. The van der Waals surface area contributed by atoms with Gasteiger partial charge in [-0.2, -0.15) is 0 Å². The molecule has 0 bridgehead atoms. The second kappa shape index (κ2) is 5.83. The van der Waals surface area contributed by atoms with E-state index in [1.807, 2.05) is 0 Å². The topological polar surface area (TPSA) is 24.5 Å². The third-order valence-electron chi connectivity index (χ3n) is 3.63. The fraction of sp³-hybridized carbons (Fsp3) is 1.00. The fourth-order valence-corrected chi connectivity index (χ4v) is 2.55. The summed E-state index contributed by atoms with van der Waals surface area (Å²) in [6.45, 7) is 7.91. The van der Waals surface area contributed by atoms with Gasteiger partial charge >= 0.3 is 0 Å². The van der Waals surface area contributed by atoms with Gasteiger partial charge in [-0.15, -0.1) is 0 Å². The van der Waals surface area contributed by atoms with E-state index in [1.54, 1.807) is 0 Å². The van der Waals surface area contributed by atoms with E-state index < -0.39 is 0 Å². The second-order valence-corrected chi connectivity index (χ2v) is 4.91. The molecule has 2 unspecified atom stereocenters. The lowest BCUT2D eigenvalue weighted by atomic mass is 10.1. The number of hydrogen-bond acceptors (Lipinski definition) is 3. The van der Waals surface area contributed by atoms with Crippen LogP contribution in [0.15, 0.2) is 0 Å². The van der Waals surface area contributed by atoms with Crippen LogP contribution in [-0.4, -0.2) is 49.8 Å². The van der Waals surface area contributed by atoms with E-state index in [9.17, 15) is 0 Å². The van der Waals surface area contributed by atoms with Crippen molar-refractivity contribution in [3.05, 3.63) is 0 Å². The van der Waals surface area contributed by atoms with Crippen LogP contribution >= 0.6 is 0 Å². The van der Waals surface area contributed by atoms with Gasteiger partial charge in [0.2, 0.25) is 0 Å². The molecule has 0 saturated carbocycles. The highest BCUT2D eigenvalue weighted by Gasteiger charge is 2.19. The Bertz CT molecular complexity index is 174. The van der Waals surface area contributed by atoms with Gasteiger partial charge in [0.15, 0.2) is 0 Å². The lowest BCUT2D eigenvalue weighted by molar-refractivity contribution is 0.0679. The normalized spacial score (nSPS) is 30.6. The molecular formula is C12H24N2O.